The largest absolute Gasteiger partial charge is 0.495 e. The van der Waals surface area contributed by atoms with Gasteiger partial charge in [-0.1, -0.05) is 6.07 Å². The van der Waals surface area contributed by atoms with Crippen LogP contribution in [0, 0.1) is 0 Å². The van der Waals surface area contributed by atoms with Crippen molar-refractivity contribution in [1.29, 1.82) is 0 Å². The van der Waals surface area contributed by atoms with E-state index in [2.05, 4.69) is 25.4 Å². The summed E-state index contributed by atoms with van der Waals surface area (Å²) in [5.74, 6) is -0.352. The van der Waals surface area contributed by atoms with Gasteiger partial charge in [-0.2, -0.15) is 10.1 Å². The Balaban J connectivity index is 1.32. The highest BCUT2D eigenvalue weighted by Gasteiger charge is 2.21. The number of carbonyl (C=O) groups is 2. The predicted molar refractivity (Wildman–Crippen MR) is 144 cm³/mol. The molecule has 0 aliphatic carbocycles. The maximum atomic E-state index is 13.2. The SMILES string of the molecule is COc1cc(-c2nccc(OCCC(=O)O)n2)ccc1NC(=O)c1cccc(-c2ccnn2C2CCCCO2)n1. The van der Waals surface area contributed by atoms with Crippen molar-refractivity contribution in [3.8, 4) is 34.4 Å². The summed E-state index contributed by atoms with van der Waals surface area (Å²) in [7, 11) is 1.49. The molecule has 0 bridgehead atoms. The Morgan fingerprint density at radius 1 is 1.12 bits per heavy atom. The molecule has 3 aromatic heterocycles. The van der Waals surface area contributed by atoms with Crippen LogP contribution in [0.3, 0.4) is 0 Å². The molecule has 5 rings (SSSR count). The van der Waals surface area contributed by atoms with Gasteiger partial charge in [-0.15, -0.1) is 0 Å². The normalized spacial score (nSPS) is 14.9. The highest BCUT2D eigenvalue weighted by atomic mass is 16.5. The van der Waals surface area contributed by atoms with Gasteiger partial charge in [0, 0.05) is 30.6 Å². The van der Waals surface area contributed by atoms with E-state index in [0.717, 1.165) is 25.0 Å². The van der Waals surface area contributed by atoms with Crippen molar-refractivity contribution in [2.24, 2.45) is 0 Å². The van der Waals surface area contributed by atoms with E-state index in [4.69, 9.17) is 19.3 Å². The smallest absolute Gasteiger partial charge is 0.306 e. The topological polar surface area (TPSA) is 151 Å². The van der Waals surface area contributed by atoms with Crippen LogP contribution in [-0.2, 0) is 9.53 Å². The number of hydrogen-bond donors (Lipinski definition) is 2. The van der Waals surface area contributed by atoms with Crippen LogP contribution in [0.15, 0.2) is 60.9 Å². The maximum Gasteiger partial charge on any atom is 0.306 e. The predicted octanol–water partition coefficient (Wildman–Crippen LogP) is 4.22. The molecule has 1 aliphatic heterocycles. The van der Waals surface area contributed by atoms with E-state index in [0.29, 0.717) is 35.1 Å². The first kappa shape index (κ1) is 26.8. The minimum Gasteiger partial charge on any atom is -0.495 e. The van der Waals surface area contributed by atoms with E-state index >= 15 is 0 Å². The number of pyridine rings is 1. The van der Waals surface area contributed by atoms with Crippen molar-refractivity contribution >= 4 is 17.6 Å². The molecule has 0 spiro atoms. The molecule has 40 heavy (non-hydrogen) atoms. The number of aromatic nitrogens is 5. The van der Waals surface area contributed by atoms with Crippen LogP contribution < -0.4 is 14.8 Å². The average Bonchev–Trinajstić information content (AvgIpc) is 3.48. The maximum absolute atomic E-state index is 13.2. The summed E-state index contributed by atoms with van der Waals surface area (Å²) in [5, 5.41) is 16.1. The van der Waals surface area contributed by atoms with Crippen LogP contribution in [0.4, 0.5) is 5.69 Å². The molecular formula is C28H28N6O6. The number of nitrogens with zero attached hydrogens (tertiary/aromatic N) is 5. The number of carboxylic acids is 1. The highest BCUT2D eigenvalue weighted by Crippen LogP contribution is 2.31. The molecule has 0 radical (unpaired) electrons. The Morgan fingerprint density at radius 3 is 2.83 bits per heavy atom. The molecule has 1 saturated heterocycles. The fraction of sp³-hybridized carbons (Fsp3) is 0.286. The van der Waals surface area contributed by atoms with Crippen LogP contribution in [0.5, 0.6) is 11.6 Å². The molecule has 1 fully saturated rings. The lowest BCUT2D eigenvalue weighted by Gasteiger charge is -2.24. The summed E-state index contributed by atoms with van der Waals surface area (Å²) in [6.45, 7) is 0.685. The number of aliphatic carboxylic acids is 1. The second-order valence-electron chi connectivity index (χ2n) is 8.97. The molecule has 4 aromatic rings. The van der Waals surface area contributed by atoms with Gasteiger partial charge in [0.2, 0.25) is 5.88 Å². The van der Waals surface area contributed by atoms with Crippen molar-refractivity contribution in [2.45, 2.75) is 31.9 Å². The Labute approximate surface area is 230 Å². The summed E-state index contributed by atoms with van der Waals surface area (Å²) in [4.78, 5) is 37.1. The number of amides is 1. The van der Waals surface area contributed by atoms with E-state index in [1.807, 2.05) is 16.8 Å². The molecule has 1 atom stereocenters. The molecule has 12 heteroatoms. The third kappa shape index (κ3) is 6.24. The van der Waals surface area contributed by atoms with Crippen molar-refractivity contribution in [3.63, 3.8) is 0 Å². The minimum absolute atomic E-state index is 0.00792. The average molecular weight is 545 g/mol. The molecular weight excluding hydrogens is 516 g/mol. The number of rotatable bonds is 10. The standard InChI is InChI=1S/C28H28N6O6/c1-38-23-17-18(27-29-13-11-24(33-27)39-16-12-26(35)36)8-9-20(23)32-28(37)21-6-4-5-19(31-21)22-10-14-30-34(22)25-7-2-3-15-40-25/h4-6,8-11,13-14,17,25H,2-3,7,12,15-16H2,1H3,(H,32,37)(H,35,36). The quantitative estimate of drug-likeness (QED) is 0.297. The summed E-state index contributed by atoms with van der Waals surface area (Å²) < 4.78 is 18.6. The lowest BCUT2D eigenvalue weighted by Crippen LogP contribution is -2.20. The first-order valence-corrected chi connectivity index (χ1v) is 12.8. The van der Waals surface area contributed by atoms with Gasteiger partial charge in [0.1, 0.15) is 18.1 Å². The van der Waals surface area contributed by atoms with Crippen LogP contribution in [0.1, 0.15) is 42.4 Å². The van der Waals surface area contributed by atoms with E-state index in [1.165, 1.54) is 13.3 Å². The molecule has 1 aliphatic rings. The van der Waals surface area contributed by atoms with Gasteiger partial charge in [-0.05, 0) is 55.7 Å². The fourth-order valence-corrected chi connectivity index (χ4v) is 4.29. The zero-order chi connectivity index (χ0) is 27.9. The number of hydrogen-bond acceptors (Lipinski definition) is 9. The van der Waals surface area contributed by atoms with Crippen molar-refractivity contribution in [2.75, 3.05) is 25.6 Å². The van der Waals surface area contributed by atoms with Crippen molar-refractivity contribution < 1.29 is 28.9 Å². The molecule has 1 amide bonds. The second kappa shape index (κ2) is 12.3. The van der Waals surface area contributed by atoms with Gasteiger partial charge in [0.05, 0.1) is 30.6 Å². The van der Waals surface area contributed by atoms with Gasteiger partial charge in [-0.25, -0.2) is 14.6 Å². The van der Waals surface area contributed by atoms with Crippen LogP contribution in [0.25, 0.3) is 22.8 Å². The fourth-order valence-electron chi connectivity index (χ4n) is 4.29. The summed E-state index contributed by atoms with van der Waals surface area (Å²) in [6.07, 6.45) is 5.91. The third-order valence-corrected chi connectivity index (χ3v) is 6.25. The first-order chi connectivity index (χ1) is 19.5. The van der Waals surface area contributed by atoms with Crippen LogP contribution in [0.2, 0.25) is 0 Å². The summed E-state index contributed by atoms with van der Waals surface area (Å²) >= 11 is 0. The number of methoxy groups -OCH3 is 1. The highest BCUT2D eigenvalue weighted by molar-refractivity contribution is 6.04. The lowest BCUT2D eigenvalue weighted by atomic mass is 10.1. The van der Waals surface area contributed by atoms with Crippen LogP contribution >= 0.6 is 0 Å². The number of carboxylic acid groups (broad SMARTS) is 1. The van der Waals surface area contributed by atoms with E-state index in [-0.39, 0.29) is 30.8 Å². The minimum atomic E-state index is -0.959. The Morgan fingerprint density at radius 2 is 2.02 bits per heavy atom. The Bertz CT molecular complexity index is 1500. The first-order valence-electron chi connectivity index (χ1n) is 12.8. The number of benzene rings is 1. The van der Waals surface area contributed by atoms with Gasteiger partial charge in [-0.3, -0.25) is 9.59 Å². The molecule has 1 unspecified atom stereocenters. The summed E-state index contributed by atoms with van der Waals surface area (Å²) in [6, 6.07) is 13.8. The van der Waals surface area contributed by atoms with Gasteiger partial charge in [0.15, 0.2) is 12.1 Å². The number of ether oxygens (including phenoxy) is 3. The molecule has 4 heterocycles. The second-order valence-corrected chi connectivity index (χ2v) is 8.97. The molecule has 1 aromatic carbocycles. The molecule has 12 nitrogen and oxygen atoms in total. The lowest BCUT2D eigenvalue weighted by molar-refractivity contribution is -0.137. The Kier molecular flexibility index (Phi) is 8.26. The summed E-state index contributed by atoms with van der Waals surface area (Å²) in [5.41, 5.74) is 2.69. The monoisotopic (exact) mass is 544 g/mol. The van der Waals surface area contributed by atoms with E-state index < -0.39 is 11.9 Å². The number of anilines is 1. The van der Waals surface area contributed by atoms with E-state index in [9.17, 15) is 9.59 Å². The van der Waals surface area contributed by atoms with E-state index in [1.54, 1.807) is 42.6 Å². The Hall–Kier alpha value is -4.84. The van der Waals surface area contributed by atoms with Gasteiger partial charge >= 0.3 is 5.97 Å². The van der Waals surface area contributed by atoms with Crippen LogP contribution in [-0.4, -0.2) is 62.0 Å². The third-order valence-electron chi connectivity index (χ3n) is 6.25. The zero-order valence-electron chi connectivity index (χ0n) is 21.8. The molecule has 206 valence electrons. The van der Waals surface area contributed by atoms with Gasteiger partial charge < -0.3 is 24.6 Å². The van der Waals surface area contributed by atoms with Crippen molar-refractivity contribution in [1.82, 2.24) is 24.7 Å². The molecule has 0 saturated carbocycles. The number of nitrogens with one attached hydrogen (secondary N) is 1. The number of carbonyl (C=O) groups excluding carboxylic acids is 1. The zero-order valence-corrected chi connectivity index (χ0v) is 21.8. The van der Waals surface area contributed by atoms with Crippen molar-refractivity contribution in [3.05, 3.63) is 66.6 Å². The molecule has 2 N–H and O–H groups in total. The van der Waals surface area contributed by atoms with Gasteiger partial charge in [0.25, 0.3) is 5.91 Å².